The Hall–Kier alpha value is -1.75. The van der Waals surface area contributed by atoms with E-state index in [9.17, 15) is 9.59 Å². The number of hydrogen-bond donors (Lipinski definition) is 1. The van der Waals surface area contributed by atoms with Crippen molar-refractivity contribution in [3.63, 3.8) is 0 Å². The van der Waals surface area contributed by atoms with Gasteiger partial charge in [-0.25, -0.2) is 4.79 Å². The number of primary amides is 1. The van der Waals surface area contributed by atoms with E-state index in [1.807, 2.05) is 29.2 Å². The summed E-state index contributed by atoms with van der Waals surface area (Å²) in [5, 5.41) is 0.680. The van der Waals surface area contributed by atoms with Crippen LogP contribution in [0.15, 0.2) is 24.3 Å². The van der Waals surface area contributed by atoms with Gasteiger partial charge < -0.3 is 15.5 Å². The largest absolute Gasteiger partial charge is 0.351 e. The van der Waals surface area contributed by atoms with Crippen LogP contribution in [0, 0.1) is 0 Å². The molecule has 2 fully saturated rings. The zero-order valence-electron chi connectivity index (χ0n) is 12.4. The molecule has 1 aromatic carbocycles. The zero-order chi connectivity index (χ0) is 15.7. The highest BCUT2D eigenvalue weighted by atomic mass is 35.5. The Morgan fingerprint density at radius 3 is 2.18 bits per heavy atom. The van der Waals surface area contributed by atoms with E-state index in [-0.39, 0.29) is 11.3 Å². The van der Waals surface area contributed by atoms with Gasteiger partial charge in [0.2, 0.25) is 5.91 Å². The van der Waals surface area contributed by atoms with Gasteiger partial charge in [-0.15, -0.1) is 0 Å². The molecule has 1 saturated heterocycles. The molecule has 0 aromatic heterocycles. The molecule has 6 heteroatoms. The van der Waals surface area contributed by atoms with Crippen molar-refractivity contribution in [1.29, 1.82) is 0 Å². The number of benzene rings is 1. The molecule has 2 aliphatic rings. The fourth-order valence-electron chi connectivity index (χ4n) is 3.16. The second-order valence-corrected chi connectivity index (χ2v) is 6.50. The molecule has 1 aliphatic heterocycles. The van der Waals surface area contributed by atoms with Crippen molar-refractivity contribution in [2.75, 3.05) is 26.2 Å². The van der Waals surface area contributed by atoms with Crippen LogP contribution in [0.2, 0.25) is 5.02 Å². The predicted molar refractivity (Wildman–Crippen MR) is 84.7 cm³/mol. The Kier molecular flexibility index (Phi) is 4.00. The lowest BCUT2D eigenvalue weighted by Gasteiger charge is -2.26. The molecule has 22 heavy (non-hydrogen) atoms. The number of carbonyl (C=O) groups is 2. The second-order valence-electron chi connectivity index (χ2n) is 6.06. The van der Waals surface area contributed by atoms with E-state index < -0.39 is 6.03 Å². The molecule has 118 valence electrons. The molecule has 1 aliphatic carbocycles. The first-order valence-corrected chi connectivity index (χ1v) is 8.00. The van der Waals surface area contributed by atoms with E-state index >= 15 is 0 Å². The molecule has 3 rings (SSSR count). The van der Waals surface area contributed by atoms with Gasteiger partial charge in [0, 0.05) is 31.2 Å². The topological polar surface area (TPSA) is 66.6 Å². The van der Waals surface area contributed by atoms with Crippen LogP contribution in [-0.4, -0.2) is 47.9 Å². The van der Waals surface area contributed by atoms with Gasteiger partial charge in [-0.3, -0.25) is 4.79 Å². The summed E-state index contributed by atoms with van der Waals surface area (Å²) in [6, 6.07) is 7.15. The van der Waals surface area contributed by atoms with Crippen molar-refractivity contribution in [3.8, 4) is 0 Å². The Balaban J connectivity index is 1.73. The lowest BCUT2D eigenvalue weighted by atomic mass is 9.94. The van der Waals surface area contributed by atoms with Crippen molar-refractivity contribution in [2.24, 2.45) is 5.73 Å². The number of urea groups is 1. The third kappa shape index (κ3) is 2.77. The molecule has 0 bridgehead atoms. The smallest absolute Gasteiger partial charge is 0.314 e. The summed E-state index contributed by atoms with van der Waals surface area (Å²) in [7, 11) is 0. The molecular formula is C16H20ClN3O2. The molecule has 5 nitrogen and oxygen atoms in total. The van der Waals surface area contributed by atoms with E-state index in [0.29, 0.717) is 31.2 Å². The van der Waals surface area contributed by atoms with Crippen LogP contribution in [0.4, 0.5) is 4.79 Å². The van der Waals surface area contributed by atoms with Crippen LogP contribution < -0.4 is 5.73 Å². The van der Waals surface area contributed by atoms with E-state index in [4.69, 9.17) is 17.3 Å². The maximum absolute atomic E-state index is 13.0. The van der Waals surface area contributed by atoms with Crippen LogP contribution in [0.5, 0.6) is 0 Å². The van der Waals surface area contributed by atoms with Gasteiger partial charge in [-0.05, 0) is 37.0 Å². The highest BCUT2D eigenvalue weighted by Gasteiger charge is 2.53. The molecule has 0 spiro atoms. The quantitative estimate of drug-likeness (QED) is 0.905. The van der Waals surface area contributed by atoms with Gasteiger partial charge >= 0.3 is 6.03 Å². The Labute approximate surface area is 135 Å². The Morgan fingerprint density at radius 1 is 1.00 bits per heavy atom. The number of amides is 3. The normalized spacial score (nSPS) is 20.4. The first kappa shape index (κ1) is 15.2. The minimum absolute atomic E-state index is 0.168. The number of carbonyl (C=O) groups excluding carboxylic acids is 2. The average molecular weight is 322 g/mol. The predicted octanol–water partition coefficient (Wildman–Crippen LogP) is 1.98. The lowest BCUT2D eigenvalue weighted by molar-refractivity contribution is -0.133. The first-order chi connectivity index (χ1) is 10.5. The SMILES string of the molecule is NC(=O)N1CCCN(C(=O)C2(c3ccc(Cl)cc3)CC2)CC1. The maximum atomic E-state index is 13.0. The fraction of sp³-hybridized carbons (Fsp3) is 0.500. The Morgan fingerprint density at radius 2 is 1.59 bits per heavy atom. The molecule has 2 N–H and O–H groups in total. The summed E-state index contributed by atoms with van der Waals surface area (Å²) in [6.45, 7) is 2.36. The number of nitrogens with zero attached hydrogens (tertiary/aromatic N) is 2. The van der Waals surface area contributed by atoms with Crippen molar-refractivity contribution < 1.29 is 9.59 Å². The molecule has 0 atom stereocenters. The molecule has 0 unspecified atom stereocenters. The fourth-order valence-corrected chi connectivity index (χ4v) is 3.29. The third-order valence-corrected chi connectivity index (χ3v) is 4.90. The molecule has 3 amide bonds. The standard InChI is InChI=1S/C16H20ClN3O2/c17-13-4-2-12(3-5-13)16(6-7-16)14(21)19-8-1-9-20(11-10-19)15(18)22/h2-5H,1,6-11H2,(H2,18,22). The van der Waals surface area contributed by atoms with Crippen LogP contribution in [0.3, 0.4) is 0 Å². The average Bonchev–Trinajstić information content (AvgIpc) is 3.31. The van der Waals surface area contributed by atoms with E-state index in [0.717, 1.165) is 24.8 Å². The monoisotopic (exact) mass is 321 g/mol. The lowest BCUT2D eigenvalue weighted by Crippen LogP contribution is -2.43. The summed E-state index contributed by atoms with van der Waals surface area (Å²) < 4.78 is 0. The second kappa shape index (κ2) is 5.80. The van der Waals surface area contributed by atoms with Gasteiger partial charge in [-0.2, -0.15) is 0 Å². The number of rotatable bonds is 2. The van der Waals surface area contributed by atoms with Crippen molar-refractivity contribution >= 4 is 23.5 Å². The number of nitrogens with two attached hydrogens (primary N) is 1. The van der Waals surface area contributed by atoms with Crippen LogP contribution in [0.1, 0.15) is 24.8 Å². The maximum Gasteiger partial charge on any atom is 0.314 e. The summed E-state index contributed by atoms with van der Waals surface area (Å²) in [5.74, 6) is 0.168. The molecular weight excluding hydrogens is 302 g/mol. The van der Waals surface area contributed by atoms with Crippen LogP contribution in [0.25, 0.3) is 0 Å². The first-order valence-electron chi connectivity index (χ1n) is 7.63. The summed E-state index contributed by atoms with van der Waals surface area (Å²) >= 11 is 5.93. The van der Waals surface area contributed by atoms with Crippen molar-refractivity contribution in [3.05, 3.63) is 34.9 Å². The van der Waals surface area contributed by atoms with Gasteiger partial charge in [0.05, 0.1) is 5.41 Å². The molecule has 1 saturated carbocycles. The number of hydrogen-bond acceptors (Lipinski definition) is 2. The zero-order valence-corrected chi connectivity index (χ0v) is 13.2. The minimum atomic E-state index is -0.409. The van der Waals surface area contributed by atoms with Gasteiger partial charge in [0.25, 0.3) is 0 Å². The van der Waals surface area contributed by atoms with Gasteiger partial charge in [0.1, 0.15) is 0 Å². The summed E-state index contributed by atoms with van der Waals surface area (Å²) in [5.41, 5.74) is 5.99. The number of halogens is 1. The summed E-state index contributed by atoms with van der Waals surface area (Å²) in [4.78, 5) is 27.7. The van der Waals surface area contributed by atoms with E-state index in [1.165, 1.54) is 0 Å². The van der Waals surface area contributed by atoms with Crippen LogP contribution >= 0.6 is 11.6 Å². The highest BCUT2D eigenvalue weighted by molar-refractivity contribution is 6.30. The van der Waals surface area contributed by atoms with E-state index in [1.54, 1.807) is 4.90 Å². The molecule has 1 heterocycles. The highest BCUT2D eigenvalue weighted by Crippen LogP contribution is 2.49. The summed E-state index contributed by atoms with van der Waals surface area (Å²) in [6.07, 6.45) is 2.53. The van der Waals surface area contributed by atoms with Gasteiger partial charge in [0.15, 0.2) is 0 Å². The van der Waals surface area contributed by atoms with Crippen molar-refractivity contribution in [2.45, 2.75) is 24.7 Å². The minimum Gasteiger partial charge on any atom is -0.351 e. The third-order valence-electron chi connectivity index (χ3n) is 4.65. The van der Waals surface area contributed by atoms with Gasteiger partial charge in [-0.1, -0.05) is 23.7 Å². The van der Waals surface area contributed by atoms with E-state index in [2.05, 4.69) is 0 Å². The van der Waals surface area contributed by atoms with Crippen LogP contribution in [-0.2, 0) is 10.2 Å². The van der Waals surface area contributed by atoms with Crippen molar-refractivity contribution in [1.82, 2.24) is 9.80 Å². The Bertz CT molecular complexity index is 584. The molecule has 0 radical (unpaired) electrons. The molecule has 1 aromatic rings.